The topological polar surface area (TPSA) is 3.24 Å². The van der Waals surface area contributed by atoms with E-state index in [4.69, 9.17) is 0 Å². The summed E-state index contributed by atoms with van der Waals surface area (Å²) in [6.45, 7) is 4.86. The molecule has 0 saturated heterocycles. The lowest BCUT2D eigenvalue weighted by molar-refractivity contribution is 0.353. The van der Waals surface area contributed by atoms with E-state index in [-0.39, 0.29) is 5.41 Å². The molecule has 0 spiro atoms. The fraction of sp³-hybridized carbons (Fsp3) is 0.0870. The van der Waals surface area contributed by atoms with Gasteiger partial charge in [-0.2, -0.15) is 0 Å². The van der Waals surface area contributed by atoms with Crippen LogP contribution in [0.5, 0.6) is 0 Å². The van der Waals surface area contributed by atoms with Crippen LogP contribution < -0.4 is 4.90 Å². The first kappa shape index (κ1) is 28.8. The van der Waals surface area contributed by atoms with Gasteiger partial charge in [0, 0.05) is 22.5 Å². The summed E-state index contributed by atoms with van der Waals surface area (Å²) in [5, 5.41) is 0. The van der Waals surface area contributed by atoms with Crippen LogP contribution in [0.1, 0.15) is 36.1 Å². The van der Waals surface area contributed by atoms with Gasteiger partial charge in [0.05, 0.1) is 5.41 Å². The van der Waals surface area contributed by atoms with Crippen LogP contribution in [0, 0.1) is 0 Å². The van der Waals surface area contributed by atoms with Gasteiger partial charge in [-0.15, -0.1) is 0 Å². The van der Waals surface area contributed by atoms with Crippen LogP contribution in [0.2, 0.25) is 0 Å². The first-order valence-electron chi connectivity index (χ1n) is 16.5. The Balaban J connectivity index is 1.40. The summed E-state index contributed by atoms with van der Waals surface area (Å²) >= 11 is 0. The molecule has 8 rings (SSSR count). The van der Waals surface area contributed by atoms with Crippen molar-refractivity contribution < 1.29 is 0 Å². The van der Waals surface area contributed by atoms with E-state index < -0.39 is 5.41 Å². The Morgan fingerprint density at radius 2 is 0.830 bits per heavy atom. The molecule has 0 fully saturated rings. The summed E-state index contributed by atoms with van der Waals surface area (Å²) in [5.41, 5.74) is 12.9. The maximum absolute atomic E-state index is 2.43. The molecular formula is C46H37N. The van der Waals surface area contributed by atoms with Gasteiger partial charge in [-0.25, -0.2) is 0 Å². The Labute approximate surface area is 278 Å². The number of hydrogen-bond acceptors (Lipinski definition) is 1. The number of nitrogens with zero attached hydrogens (tertiary/aromatic N) is 1. The molecule has 7 aromatic rings. The molecule has 1 heteroatoms. The lowest BCUT2D eigenvalue weighted by Crippen LogP contribution is -2.49. The quantitative estimate of drug-likeness (QED) is 0.183. The molecule has 0 saturated carbocycles. The lowest BCUT2D eigenvalue weighted by Gasteiger charge is -2.53. The van der Waals surface area contributed by atoms with Gasteiger partial charge in [0.15, 0.2) is 0 Å². The number of rotatable bonds is 6. The van der Waals surface area contributed by atoms with E-state index in [9.17, 15) is 0 Å². The predicted molar refractivity (Wildman–Crippen MR) is 198 cm³/mol. The van der Waals surface area contributed by atoms with Crippen molar-refractivity contribution in [3.05, 3.63) is 210 Å². The molecule has 0 N–H and O–H groups in total. The van der Waals surface area contributed by atoms with Crippen molar-refractivity contribution >= 4 is 17.1 Å². The van der Waals surface area contributed by atoms with Gasteiger partial charge in [0.2, 0.25) is 0 Å². The largest absolute Gasteiger partial charge is 0.310 e. The average Bonchev–Trinajstić information content (AvgIpc) is 3.14. The summed E-state index contributed by atoms with van der Waals surface area (Å²) in [6.07, 6.45) is 0. The van der Waals surface area contributed by atoms with Crippen molar-refractivity contribution in [1.29, 1.82) is 0 Å². The highest BCUT2D eigenvalue weighted by Gasteiger charge is 2.54. The number of para-hydroxylation sites is 1. The van der Waals surface area contributed by atoms with Crippen LogP contribution in [-0.4, -0.2) is 0 Å². The van der Waals surface area contributed by atoms with E-state index >= 15 is 0 Å². The third-order valence-corrected chi connectivity index (χ3v) is 10.1. The van der Waals surface area contributed by atoms with Crippen molar-refractivity contribution in [2.45, 2.75) is 24.7 Å². The van der Waals surface area contributed by atoms with E-state index in [1.54, 1.807) is 0 Å². The minimum absolute atomic E-state index is 0.275. The summed E-state index contributed by atoms with van der Waals surface area (Å²) in [7, 11) is 0. The molecule has 1 aliphatic carbocycles. The Bertz CT molecular complexity index is 2170. The molecule has 0 amide bonds. The average molecular weight is 604 g/mol. The molecule has 226 valence electrons. The van der Waals surface area contributed by atoms with Crippen LogP contribution in [0.4, 0.5) is 17.1 Å². The van der Waals surface area contributed by atoms with E-state index in [0.717, 1.165) is 17.1 Å². The molecule has 0 heterocycles. The fourth-order valence-corrected chi connectivity index (χ4v) is 8.09. The van der Waals surface area contributed by atoms with Gasteiger partial charge in [-0.1, -0.05) is 166 Å². The lowest BCUT2D eigenvalue weighted by atomic mass is 9.49. The minimum Gasteiger partial charge on any atom is -0.310 e. The SMILES string of the molecule is CC1(C)c2ccccc2-c2ccccc2C1(c1ccccc1)c1cccc(N(c2ccccc2)c2cccc(-c3ccccc3)c2)c1. The first-order chi connectivity index (χ1) is 23.1. The number of hydrogen-bond donors (Lipinski definition) is 0. The molecule has 47 heavy (non-hydrogen) atoms. The molecule has 0 bridgehead atoms. The number of fused-ring (bicyclic) bond motifs is 3. The highest BCUT2D eigenvalue weighted by Crippen LogP contribution is 2.60. The normalized spacial score (nSPS) is 16.1. The first-order valence-corrected chi connectivity index (χ1v) is 16.5. The van der Waals surface area contributed by atoms with E-state index in [1.807, 2.05) is 0 Å². The third-order valence-electron chi connectivity index (χ3n) is 10.1. The predicted octanol–water partition coefficient (Wildman–Crippen LogP) is 12.1. The molecule has 1 unspecified atom stereocenters. The Hall–Kier alpha value is -5.66. The second-order valence-corrected chi connectivity index (χ2v) is 13.0. The standard InChI is InChI=1S/C46H37N/c1-45(2)43-30-14-12-28-41(43)42-29-13-15-31-44(42)46(45,36-21-8-4-9-22-36)37-23-17-27-40(33-37)47(38-24-10-5-11-25-38)39-26-16-20-35(32-39)34-18-6-3-7-19-34/h3-33H,1-2H3. The van der Waals surface area contributed by atoms with Crippen molar-refractivity contribution in [3.8, 4) is 22.3 Å². The molecule has 0 aliphatic heterocycles. The van der Waals surface area contributed by atoms with Crippen LogP contribution in [0.15, 0.2) is 188 Å². The van der Waals surface area contributed by atoms with E-state index in [1.165, 1.54) is 44.5 Å². The molecule has 1 aliphatic rings. The fourth-order valence-electron chi connectivity index (χ4n) is 8.09. The van der Waals surface area contributed by atoms with Crippen molar-refractivity contribution in [3.63, 3.8) is 0 Å². The zero-order valence-electron chi connectivity index (χ0n) is 26.8. The van der Waals surface area contributed by atoms with Crippen molar-refractivity contribution in [2.24, 2.45) is 0 Å². The summed E-state index contributed by atoms with van der Waals surface area (Å²) in [4.78, 5) is 2.39. The second-order valence-electron chi connectivity index (χ2n) is 13.0. The molecule has 0 radical (unpaired) electrons. The van der Waals surface area contributed by atoms with Crippen molar-refractivity contribution in [2.75, 3.05) is 4.90 Å². The third kappa shape index (κ3) is 4.62. The van der Waals surface area contributed by atoms with Crippen LogP contribution in [-0.2, 0) is 10.8 Å². The zero-order chi connectivity index (χ0) is 31.8. The van der Waals surface area contributed by atoms with Gasteiger partial charge < -0.3 is 4.90 Å². The Morgan fingerprint density at radius 3 is 1.53 bits per heavy atom. The smallest absolute Gasteiger partial charge is 0.0549 e. The van der Waals surface area contributed by atoms with Gasteiger partial charge in [-0.3, -0.25) is 0 Å². The summed E-state index contributed by atoms with van der Waals surface area (Å²) in [6, 6.07) is 68.7. The Morgan fingerprint density at radius 1 is 0.362 bits per heavy atom. The van der Waals surface area contributed by atoms with E-state index in [2.05, 4.69) is 207 Å². The van der Waals surface area contributed by atoms with Gasteiger partial charge >= 0.3 is 0 Å². The molecule has 7 aromatic carbocycles. The van der Waals surface area contributed by atoms with Crippen molar-refractivity contribution in [1.82, 2.24) is 0 Å². The number of anilines is 3. The van der Waals surface area contributed by atoms with Gasteiger partial charge in [0.25, 0.3) is 0 Å². The molecule has 1 atom stereocenters. The molecular weight excluding hydrogens is 567 g/mol. The second kappa shape index (κ2) is 11.6. The summed E-state index contributed by atoms with van der Waals surface area (Å²) < 4.78 is 0. The van der Waals surface area contributed by atoms with E-state index in [0.29, 0.717) is 0 Å². The minimum atomic E-state index is -0.455. The molecule has 1 nitrogen and oxygen atoms in total. The Kier molecular flexibility index (Phi) is 7.11. The maximum Gasteiger partial charge on any atom is 0.0549 e. The highest BCUT2D eigenvalue weighted by atomic mass is 15.1. The molecule has 0 aromatic heterocycles. The van der Waals surface area contributed by atoms with Crippen LogP contribution in [0.3, 0.4) is 0 Å². The highest BCUT2D eigenvalue weighted by molar-refractivity contribution is 5.84. The van der Waals surface area contributed by atoms with Crippen LogP contribution >= 0.6 is 0 Å². The summed E-state index contributed by atoms with van der Waals surface area (Å²) in [5.74, 6) is 0. The maximum atomic E-state index is 2.43. The zero-order valence-corrected chi connectivity index (χ0v) is 26.8. The van der Waals surface area contributed by atoms with Gasteiger partial charge in [0.1, 0.15) is 0 Å². The number of benzene rings is 7. The van der Waals surface area contributed by atoms with Crippen LogP contribution in [0.25, 0.3) is 22.3 Å². The van der Waals surface area contributed by atoms with Gasteiger partial charge in [-0.05, 0) is 80.9 Å². The monoisotopic (exact) mass is 603 g/mol.